The molecule has 0 radical (unpaired) electrons. The van der Waals surface area contributed by atoms with Crippen LogP contribution in [0.5, 0.6) is 0 Å². The lowest BCUT2D eigenvalue weighted by Crippen LogP contribution is -2.12. The second-order valence-corrected chi connectivity index (χ2v) is 4.35. The molecule has 0 unspecified atom stereocenters. The Morgan fingerprint density at radius 3 is 2.15 bits per heavy atom. The smallest absolute Gasteiger partial charge is 0.255 e. The predicted octanol–water partition coefficient (Wildman–Crippen LogP) is 1.76. The molecule has 0 aliphatic carbocycles. The second kappa shape index (κ2) is 6.70. The Balaban J connectivity index is 2.02. The summed E-state index contributed by atoms with van der Waals surface area (Å²) in [5, 5.41) is 11.7. The molecule has 2 rings (SSSR count). The molecule has 0 heterocycles. The maximum absolute atomic E-state index is 12.0. The average molecular weight is 271 g/mol. The molecule has 104 valence electrons. The fourth-order valence-electron chi connectivity index (χ4n) is 1.80. The monoisotopic (exact) mass is 271 g/mol. The number of aliphatic hydroxyl groups excluding tert-OH is 1. The molecule has 5 nitrogen and oxygen atoms in total. The van der Waals surface area contributed by atoms with Crippen molar-refractivity contribution in [3.05, 3.63) is 59.7 Å². The standard InChI is InChI=1S/C15H17N3O2/c16-18-14-7-3-12(4-8-14)15(20)17-13-5-1-11(2-6-13)9-10-19/h1-8,18-19H,9-10,16H2,(H,17,20). The van der Waals surface area contributed by atoms with E-state index in [0.29, 0.717) is 12.0 Å². The highest BCUT2D eigenvalue weighted by Gasteiger charge is 2.05. The van der Waals surface area contributed by atoms with E-state index in [1.54, 1.807) is 24.3 Å². The van der Waals surface area contributed by atoms with Gasteiger partial charge in [-0.1, -0.05) is 12.1 Å². The van der Waals surface area contributed by atoms with Crippen molar-refractivity contribution in [3.8, 4) is 0 Å². The van der Waals surface area contributed by atoms with E-state index in [1.807, 2.05) is 24.3 Å². The zero-order valence-corrected chi connectivity index (χ0v) is 11.0. The largest absolute Gasteiger partial charge is 0.396 e. The van der Waals surface area contributed by atoms with E-state index in [-0.39, 0.29) is 12.5 Å². The van der Waals surface area contributed by atoms with E-state index in [9.17, 15) is 4.79 Å². The van der Waals surface area contributed by atoms with Gasteiger partial charge in [0, 0.05) is 23.5 Å². The van der Waals surface area contributed by atoms with Crippen molar-refractivity contribution >= 4 is 17.3 Å². The normalized spacial score (nSPS) is 10.1. The molecule has 5 N–H and O–H groups in total. The molecule has 0 fully saturated rings. The lowest BCUT2D eigenvalue weighted by molar-refractivity contribution is 0.102. The van der Waals surface area contributed by atoms with Crippen LogP contribution in [0.15, 0.2) is 48.5 Å². The van der Waals surface area contributed by atoms with Gasteiger partial charge in [-0.25, -0.2) is 0 Å². The summed E-state index contributed by atoms with van der Waals surface area (Å²) in [6.45, 7) is 0.118. The van der Waals surface area contributed by atoms with Crippen molar-refractivity contribution in [1.82, 2.24) is 0 Å². The van der Waals surface area contributed by atoms with E-state index < -0.39 is 0 Å². The minimum absolute atomic E-state index is 0.118. The van der Waals surface area contributed by atoms with Gasteiger partial charge in [0.15, 0.2) is 0 Å². The summed E-state index contributed by atoms with van der Waals surface area (Å²) in [7, 11) is 0. The van der Waals surface area contributed by atoms with Gasteiger partial charge in [-0.2, -0.15) is 0 Å². The summed E-state index contributed by atoms with van der Waals surface area (Å²) in [4.78, 5) is 12.0. The third-order valence-electron chi connectivity index (χ3n) is 2.93. The summed E-state index contributed by atoms with van der Waals surface area (Å²) in [5.41, 5.74) is 5.56. The summed E-state index contributed by atoms with van der Waals surface area (Å²) in [6.07, 6.45) is 0.613. The Hall–Kier alpha value is -2.37. The molecule has 0 aliphatic heterocycles. The highest BCUT2D eigenvalue weighted by atomic mass is 16.2. The Morgan fingerprint density at radius 2 is 1.60 bits per heavy atom. The third-order valence-corrected chi connectivity index (χ3v) is 2.93. The first-order valence-corrected chi connectivity index (χ1v) is 6.31. The quantitative estimate of drug-likeness (QED) is 0.493. The summed E-state index contributed by atoms with van der Waals surface area (Å²) >= 11 is 0. The second-order valence-electron chi connectivity index (χ2n) is 4.35. The van der Waals surface area contributed by atoms with Crippen LogP contribution < -0.4 is 16.6 Å². The van der Waals surface area contributed by atoms with Gasteiger partial charge >= 0.3 is 0 Å². The van der Waals surface area contributed by atoms with Crippen LogP contribution in [0.4, 0.5) is 11.4 Å². The first-order chi connectivity index (χ1) is 9.72. The number of hydrogen-bond donors (Lipinski definition) is 4. The first-order valence-electron chi connectivity index (χ1n) is 6.31. The van der Waals surface area contributed by atoms with Gasteiger partial charge in [-0.15, -0.1) is 0 Å². The van der Waals surface area contributed by atoms with Gasteiger partial charge in [0.1, 0.15) is 0 Å². The van der Waals surface area contributed by atoms with Crippen molar-refractivity contribution in [3.63, 3.8) is 0 Å². The number of anilines is 2. The van der Waals surface area contributed by atoms with E-state index in [0.717, 1.165) is 16.9 Å². The van der Waals surface area contributed by atoms with Crippen molar-refractivity contribution in [2.75, 3.05) is 17.3 Å². The number of hydrazine groups is 1. The maximum atomic E-state index is 12.0. The number of carbonyl (C=O) groups excluding carboxylic acids is 1. The number of nitrogens with two attached hydrogens (primary N) is 1. The zero-order chi connectivity index (χ0) is 14.4. The number of carbonyl (C=O) groups is 1. The van der Waals surface area contributed by atoms with Crippen molar-refractivity contribution in [2.45, 2.75) is 6.42 Å². The predicted molar refractivity (Wildman–Crippen MR) is 79.4 cm³/mol. The summed E-state index contributed by atoms with van der Waals surface area (Å²) in [5.74, 6) is 5.09. The van der Waals surface area contributed by atoms with Crippen molar-refractivity contribution < 1.29 is 9.90 Å². The van der Waals surface area contributed by atoms with Crippen LogP contribution in [0.25, 0.3) is 0 Å². The molecule has 0 saturated heterocycles. The van der Waals surface area contributed by atoms with Gasteiger partial charge in [0.05, 0.1) is 0 Å². The molecule has 2 aromatic carbocycles. The van der Waals surface area contributed by atoms with Crippen molar-refractivity contribution in [2.24, 2.45) is 5.84 Å². The summed E-state index contributed by atoms with van der Waals surface area (Å²) in [6, 6.07) is 14.3. The van der Waals surface area contributed by atoms with Crippen molar-refractivity contribution in [1.29, 1.82) is 0 Å². The highest BCUT2D eigenvalue weighted by molar-refractivity contribution is 6.04. The number of benzene rings is 2. The Morgan fingerprint density at radius 1 is 1.00 bits per heavy atom. The van der Waals surface area contributed by atoms with Gasteiger partial charge in [0.25, 0.3) is 5.91 Å². The number of rotatable bonds is 5. The van der Waals surface area contributed by atoms with Crippen LogP contribution in [0.1, 0.15) is 15.9 Å². The molecular weight excluding hydrogens is 254 g/mol. The molecule has 0 aliphatic rings. The molecule has 0 saturated carbocycles. The molecule has 0 spiro atoms. The molecule has 20 heavy (non-hydrogen) atoms. The van der Waals surface area contributed by atoms with Crippen LogP contribution in [0, 0.1) is 0 Å². The van der Waals surface area contributed by atoms with Gasteiger partial charge in [-0.05, 0) is 48.4 Å². The van der Waals surface area contributed by atoms with Crippen LogP contribution in [0.3, 0.4) is 0 Å². The zero-order valence-electron chi connectivity index (χ0n) is 11.0. The van der Waals surface area contributed by atoms with Crippen LogP contribution >= 0.6 is 0 Å². The third kappa shape index (κ3) is 3.57. The maximum Gasteiger partial charge on any atom is 0.255 e. The molecular formula is C15H17N3O2. The average Bonchev–Trinajstić information content (AvgIpc) is 2.49. The molecule has 0 bridgehead atoms. The van der Waals surface area contributed by atoms with E-state index in [1.165, 1.54) is 0 Å². The minimum Gasteiger partial charge on any atom is -0.396 e. The van der Waals surface area contributed by atoms with E-state index in [2.05, 4.69) is 10.7 Å². The molecule has 2 aromatic rings. The van der Waals surface area contributed by atoms with Crippen LogP contribution in [-0.2, 0) is 6.42 Å². The summed E-state index contributed by atoms with van der Waals surface area (Å²) < 4.78 is 0. The topological polar surface area (TPSA) is 87.4 Å². The van der Waals surface area contributed by atoms with Crippen LogP contribution in [-0.4, -0.2) is 17.6 Å². The van der Waals surface area contributed by atoms with E-state index >= 15 is 0 Å². The number of nitrogens with one attached hydrogen (secondary N) is 2. The molecule has 5 heteroatoms. The van der Waals surface area contributed by atoms with Gasteiger partial charge < -0.3 is 15.8 Å². The fraction of sp³-hybridized carbons (Fsp3) is 0.133. The highest BCUT2D eigenvalue weighted by Crippen LogP contribution is 2.13. The van der Waals surface area contributed by atoms with E-state index in [4.69, 9.17) is 10.9 Å². The first kappa shape index (κ1) is 14.0. The number of aliphatic hydroxyl groups is 1. The van der Waals surface area contributed by atoms with Crippen LogP contribution in [0.2, 0.25) is 0 Å². The fourth-order valence-corrected chi connectivity index (χ4v) is 1.80. The lowest BCUT2D eigenvalue weighted by atomic mass is 10.1. The Bertz CT molecular complexity index is 565. The number of amides is 1. The molecule has 0 aromatic heterocycles. The Labute approximate surface area is 117 Å². The van der Waals surface area contributed by atoms with Gasteiger partial charge in [0.2, 0.25) is 0 Å². The number of hydrogen-bond acceptors (Lipinski definition) is 4. The lowest BCUT2D eigenvalue weighted by Gasteiger charge is -2.07. The molecule has 0 atom stereocenters. The SMILES string of the molecule is NNc1ccc(C(=O)Nc2ccc(CCO)cc2)cc1. The Kier molecular flexibility index (Phi) is 4.70. The minimum atomic E-state index is -0.177. The molecule has 1 amide bonds. The van der Waals surface area contributed by atoms with Gasteiger partial charge in [-0.3, -0.25) is 10.6 Å². The number of nitrogen functional groups attached to an aromatic ring is 1.